The minimum Gasteiger partial charge on any atom is -0.480 e. The van der Waals surface area contributed by atoms with Crippen molar-refractivity contribution in [3.8, 4) is 11.5 Å². The summed E-state index contributed by atoms with van der Waals surface area (Å²) >= 11 is 0. The van der Waals surface area contributed by atoms with E-state index in [1.165, 1.54) is 12.1 Å². The number of ether oxygens (including phenoxy) is 2. The van der Waals surface area contributed by atoms with Gasteiger partial charge in [-0.2, -0.15) is 0 Å². The number of carboxylic acids is 1. The molecule has 0 heterocycles. The average Bonchev–Trinajstić information content (AvgIpc) is 3.40. The van der Waals surface area contributed by atoms with Crippen molar-refractivity contribution in [3.05, 3.63) is 23.8 Å². The first-order valence-corrected chi connectivity index (χ1v) is 7.98. The molecule has 1 aromatic carbocycles. The van der Waals surface area contributed by atoms with Crippen LogP contribution in [0.4, 0.5) is 0 Å². The zero-order valence-corrected chi connectivity index (χ0v) is 14.3. The lowest BCUT2D eigenvalue weighted by atomic mass is 10.1. The van der Waals surface area contributed by atoms with Crippen molar-refractivity contribution in [1.82, 2.24) is 0 Å². The third-order valence-electron chi connectivity index (χ3n) is 4.02. The quantitative estimate of drug-likeness (QED) is 0.555. The van der Waals surface area contributed by atoms with E-state index >= 15 is 0 Å². The number of hydrogen-bond donors (Lipinski definition) is 2. The van der Waals surface area contributed by atoms with Gasteiger partial charge in [-0.3, -0.25) is 14.4 Å². The van der Waals surface area contributed by atoms with Gasteiger partial charge in [0.25, 0.3) is 0 Å². The van der Waals surface area contributed by atoms with E-state index in [1.54, 1.807) is 6.07 Å². The summed E-state index contributed by atoms with van der Waals surface area (Å²) in [7, 11) is 0. The highest BCUT2D eigenvalue weighted by Crippen LogP contribution is 2.36. The lowest BCUT2D eigenvalue weighted by molar-refractivity contribution is -0.138. The van der Waals surface area contributed by atoms with Gasteiger partial charge in [0.05, 0.1) is 11.8 Å². The Morgan fingerprint density at radius 1 is 1.04 bits per heavy atom. The molecule has 2 aliphatic rings. The molecule has 3 rings (SSSR count). The first-order chi connectivity index (χ1) is 11.4. The first kappa shape index (κ1) is 19.2. The summed E-state index contributed by atoms with van der Waals surface area (Å²) in [5.41, 5.74) is 6.12. The van der Waals surface area contributed by atoms with E-state index in [0.717, 1.165) is 25.7 Å². The fraction of sp³-hybridized carbons (Fsp3) is 0.471. The maximum absolute atomic E-state index is 11.9. The van der Waals surface area contributed by atoms with Crippen LogP contribution < -0.4 is 15.2 Å². The minimum absolute atomic E-state index is 0. The fourth-order valence-corrected chi connectivity index (χ4v) is 2.21. The molecule has 7 nitrogen and oxygen atoms in total. The third kappa shape index (κ3) is 5.17. The van der Waals surface area contributed by atoms with Crippen LogP contribution in [0.5, 0.6) is 11.5 Å². The Hall–Kier alpha value is -2.12. The Morgan fingerprint density at radius 2 is 1.56 bits per heavy atom. The highest BCUT2D eigenvalue weighted by atomic mass is 35.5. The number of halogens is 1. The first-order valence-electron chi connectivity index (χ1n) is 7.98. The van der Waals surface area contributed by atoms with Crippen LogP contribution in [-0.4, -0.2) is 29.1 Å². The van der Waals surface area contributed by atoms with Crippen molar-refractivity contribution in [3.63, 3.8) is 0 Å². The van der Waals surface area contributed by atoms with E-state index in [0.29, 0.717) is 5.56 Å². The van der Waals surface area contributed by atoms with E-state index in [1.807, 2.05) is 0 Å². The van der Waals surface area contributed by atoms with Gasteiger partial charge in [0.2, 0.25) is 0 Å². The maximum Gasteiger partial charge on any atom is 0.320 e. The molecule has 0 aromatic heterocycles. The number of nitrogens with two attached hydrogens (primary N) is 1. The molecule has 1 aromatic rings. The molecule has 1 atom stereocenters. The van der Waals surface area contributed by atoms with Gasteiger partial charge in [-0.25, -0.2) is 0 Å². The van der Waals surface area contributed by atoms with Gasteiger partial charge in [-0.15, -0.1) is 12.4 Å². The van der Waals surface area contributed by atoms with Gasteiger partial charge < -0.3 is 20.3 Å². The SMILES string of the molecule is Cl.N[C@@H](Cc1ccc(OC(=O)C2CC2)c(OC(=O)C2CC2)c1)C(=O)O. The molecule has 2 fully saturated rings. The molecule has 3 N–H and O–H groups in total. The summed E-state index contributed by atoms with van der Waals surface area (Å²) in [6.45, 7) is 0. The van der Waals surface area contributed by atoms with Crippen molar-refractivity contribution in [2.75, 3.05) is 0 Å². The molecule has 0 spiro atoms. The lowest BCUT2D eigenvalue weighted by Gasteiger charge is -2.13. The van der Waals surface area contributed by atoms with Crippen LogP contribution >= 0.6 is 12.4 Å². The molecule has 0 saturated heterocycles. The normalized spacial score (nSPS) is 17.2. The summed E-state index contributed by atoms with van der Waals surface area (Å²) in [6, 6.07) is 3.59. The number of hydrogen-bond acceptors (Lipinski definition) is 6. The standard InChI is InChI=1S/C17H19NO6.ClH/c18-12(15(19)20)7-9-1-6-13(23-16(21)10-2-3-10)14(8-9)24-17(22)11-4-5-11;/h1,6,8,10-12H,2-5,7,18H2,(H,19,20);1H/t12-;/m0./s1. The highest BCUT2D eigenvalue weighted by molar-refractivity contribution is 5.85. The molecule has 2 saturated carbocycles. The highest BCUT2D eigenvalue weighted by Gasteiger charge is 2.34. The van der Waals surface area contributed by atoms with Gasteiger partial charge >= 0.3 is 17.9 Å². The molecule has 0 radical (unpaired) electrons. The van der Waals surface area contributed by atoms with Crippen LogP contribution in [0.25, 0.3) is 0 Å². The molecule has 0 unspecified atom stereocenters. The number of benzene rings is 1. The van der Waals surface area contributed by atoms with Gasteiger partial charge in [0.15, 0.2) is 11.5 Å². The predicted octanol–water partition coefficient (Wildman–Crippen LogP) is 1.69. The predicted molar refractivity (Wildman–Crippen MR) is 89.7 cm³/mol. The summed E-state index contributed by atoms with van der Waals surface area (Å²) in [6.07, 6.45) is 3.28. The zero-order valence-electron chi connectivity index (χ0n) is 13.5. The Balaban J connectivity index is 0.00000225. The van der Waals surface area contributed by atoms with Crippen molar-refractivity contribution >= 4 is 30.3 Å². The number of carbonyl (C=O) groups is 3. The molecule has 0 amide bonds. The number of esters is 2. The van der Waals surface area contributed by atoms with Gasteiger partial charge in [-0.05, 0) is 49.8 Å². The Morgan fingerprint density at radius 3 is 2.04 bits per heavy atom. The third-order valence-corrected chi connectivity index (χ3v) is 4.02. The second kappa shape index (κ2) is 7.84. The van der Waals surface area contributed by atoms with E-state index in [2.05, 4.69) is 0 Å². The molecule has 2 aliphatic carbocycles. The van der Waals surface area contributed by atoms with Gasteiger partial charge in [-0.1, -0.05) is 6.07 Å². The fourth-order valence-electron chi connectivity index (χ4n) is 2.21. The average molecular weight is 370 g/mol. The Bertz CT molecular complexity index is 684. The van der Waals surface area contributed by atoms with E-state index < -0.39 is 12.0 Å². The van der Waals surface area contributed by atoms with Crippen LogP contribution in [0.15, 0.2) is 18.2 Å². The van der Waals surface area contributed by atoms with E-state index in [-0.39, 0.29) is 54.1 Å². The topological polar surface area (TPSA) is 116 Å². The molecule has 136 valence electrons. The number of rotatable bonds is 7. The monoisotopic (exact) mass is 369 g/mol. The van der Waals surface area contributed by atoms with Gasteiger partial charge in [0.1, 0.15) is 6.04 Å². The van der Waals surface area contributed by atoms with Crippen LogP contribution in [0.3, 0.4) is 0 Å². The van der Waals surface area contributed by atoms with Crippen molar-refractivity contribution in [2.45, 2.75) is 38.1 Å². The number of aliphatic carboxylic acids is 1. The van der Waals surface area contributed by atoms with Crippen molar-refractivity contribution < 1.29 is 29.0 Å². The second-order valence-electron chi connectivity index (χ2n) is 6.32. The summed E-state index contributed by atoms with van der Waals surface area (Å²) in [5.74, 6) is -1.70. The summed E-state index contributed by atoms with van der Waals surface area (Å²) in [5, 5.41) is 8.90. The number of carbonyl (C=O) groups excluding carboxylic acids is 2. The lowest BCUT2D eigenvalue weighted by Crippen LogP contribution is -2.32. The van der Waals surface area contributed by atoms with E-state index in [9.17, 15) is 14.4 Å². The maximum atomic E-state index is 11.9. The number of carboxylic acid groups (broad SMARTS) is 1. The zero-order chi connectivity index (χ0) is 17.3. The summed E-state index contributed by atoms with van der Waals surface area (Å²) in [4.78, 5) is 34.6. The summed E-state index contributed by atoms with van der Waals surface area (Å²) < 4.78 is 10.7. The van der Waals surface area contributed by atoms with Crippen LogP contribution in [-0.2, 0) is 20.8 Å². The molecule has 0 bridgehead atoms. The smallest absolute Gasteiger partial charge is 0.320 e. The Kier molecular flexibility index (Phi) is 6.02. The molecular formula is C17H20ClNO6. The van der Waals surface area contributed by atoms with Crippen LogP contribution in [0, 0.1) is 11.8 Å². The van der Waals surface area contributed by atoms with Crippen molar-refractivity contribution in [2.24, 2.45) is 17.6 Å². The molecule has 25 heavy (non-hydrogen) atoms. The minimum atomic E-state index is -1.12. The van der Waals surface area contributed by atoms with Crippen LogP contribution in [0.2, 0.25) is 0 Å². The second-order valence-corrected chi connectivity index (χ2v) is 6.32. The van der Waals surface area contributed by atoms with Crippen LogP contribution in [0.1, 0.15) is 31.2 Å². The largest absolute Gasteiger partial charge is 0.480 e. The Labute approximate surface area is 150 Å². The molecule has 0 aliphatic heterocycles. The molecular weight excluding hydrogens is 350 g/mol. The van der Waals surface area contributed by atoms with Gasteiger partial charge in [0, 0.05) is 0 Å². The van der Waals surface area contributed by atoms with E-state index in [4.69, 9.17) is 20.3 Å². The van der Waals surface area contributed by atoms with Crippen molar-refractivity contribution in [1.29, 1.82) is 0 Å². The molecule has 8 heteroatoms.